The van der Waals surface area contributed by atoms with Gasteiger partial charge in [0.2, 0.25) is 0 Å². The summed E-state index contributed by atoms with van der Waals surface area (Å²) in [4.78, 5) is 0. The van der Waals surface area contributed by atoms with E-state index >= 15 is 0 Å². The third kappa shape index (κ3) is 2.09. The van der Waals surface area contributed by atoms with E-state index < -0.39 is 0 Å². The Hall–Kier alpha value is -0.930. The minimum absolute atomic E-state index is 0.139. The Balaban J connectivity index is 1.69. The molecule has 2 fully saturated rings. The first-order valence-electron chi connectivity index (χ1n) is 6.49. The van der Waals surface area contributed by atoms with E-state index in [-0.39, 0.29) is 11.2 Å². The molecule has 0 amide bonds. The second-order valence-corrected chi connectivity index (χ2v) is 5.38. The summed E-state index contributed by atoms with van der Waals surface area (Å²) in [7, 11) is 0. The molecule has 1 saturated heterocycles. The van der Waals surface area contributed by atoms with E-state index in [1.807, 2.05) is 12.1 Å². The van der Waals surface area contributed by atoms with Crippen molar-refractivity contribution < 1.29 is 4.39 Å². The Bertz CT molecular complexity index is 380. The monoisotopic (exact) mass is 234 g/mol. The molecule has 17 heavy (non-hydrogen) atoms. The van der Waals surface area contributed by atoms with Gasteiger partial charge in [-0.1, -0.05) is 18.6 Å². The maximum atomic E-state index is 13.0. The van der Waals surface area contributed by atoms with Crippen LogP contribution < -0.4 is 10.6 Å². The minimum atomic E-state index is -0.139. The zero-order valence-corrected chi connectivity index (χ0v) is 10.0. The quantitative estimate of drug-likeness (QED) is 0.830. The van der Waals surface area contributed by atoms with Crippen LogP contribution >= 0.6 is 0 Å². The van der Waals surface area contributed by atoms with Crippen molar-refractivity contribution in [1.82, 2.24) is 10.6 Å². The first-order valence-corrected chi connectivity index (χ1v) is 6.49. The van der Waals surface area contributed by atoms with Crippen molar-refractivity contribution in [1.29, 1.82) is 0 Å². The molecule has 2 nitrogen and oxygen atoms in total. The molecule has 1 aliphatic heterocycles. The van der Waals surface area contributed by atoms with Crippen molar-refractivity contribution in [3.8, 4) is 0 Å². The van der Waals surface area contributed by atoms with Crippen molar-refractivity contribution in [2.75, 3.05) is 19.6 Å². The van der Waals surface area contributed by atoms with Crippen LogP contribution in [0, 0.1) is 5.82 Å². The van der Waals surface area contributed by atoms with Gasteiger partial charge >= 0.3 is 0 Å². The molecule has 2 aliphatic rings. The predicted molar refractivity (Wildman–Crippen MR) is 66.6 cm³/mol. The molecule has 0 aromatic heterocycles. The lowest BCUT2D eigenvalue weighted by molar-refractivity contribution is 0.212. The Morgan fingerprint density at radius 2 is 1.94 bits per heavy atom. The average molecular weight is 234 g/mol. The summed E-state index contributed by atoms with van der Waals surface area (Å²) in [5.74, 6) is -0.139. The highest BCUT2D eigenvalue weighted by atomic mass is 19.1. The summed E-state index contributed by atoms with van der Waals surface area (Å²) in [6.45, 7) is 3.20. The maximum absolute atomic E-state index is 13.0. The highest BCUT2D eigenvalue weighted by Crippen LogP contribution is 2.43. The lowest BCUT2D eigenvalue weighted by Gasteiger charge is -2.44. The SMILES string of the molecule is Fc1ccc(C2(CNC3CNC3)CCC2)cc1. The van der Waals surface area contributed by atoms with Crippen molar-refractivity contribution in [3.05, 3.63) is 35.6 Å². The fraction of sp³-hybridized carbons (Fsp3) is 0.571. The summed E-state index contributed by atoms with van der Waals surface area (Å²) in [5, 5.41) is 6.89. The van der Waals surface area contributed by atoms with E-state index in [9.17, 15) is 4.39 Å². The summed E-state index contributed by atoms with van der Waals surface area (Å²) < 4.78 is 13.0. The van der Waals surface area contributed by atoms with E-state index in [1.165, 1.54) is 24.8 Å². The molecule has 3 rings (SSSR count). The van der Waals surface area contributed by atoms with Crippen molar-refractivity contribution in [2.45, 2.75) is 30.7 Å². The summed E-state index contributed by atoms with van der Waals surface area (Å²) in [6.07, 6.45) is 3.75. The fourth-order valence-electron chi connectivity index (χ4n) is 2.75. The number of rotatable bonds is 4. The number of halogens is 1. The summed E-state index contributed by atoms with van der Waals surface area (Å²) in [6, 6.07) is 7.71. The maximum Gasteiger partial charge on any atom is 0.123 e. The van der Waals surface area contributed by atoms with Crippen molar-refractivity contribution in [2.24, 2.45) is 0 Å². The molecule has 0 bridgehead atoms. The Morgan fingerprint density at radius 1 is 1.24 bits per heavy atom. The van der Waals surface area contributed by atoms with Gasteiger partial charge in [-0.2, -0.15) is 0 Å². The van der Waals surface area contributed by atoms with Gasteiger partial charge in [0.15, 0.2) is 0 Å². The van der Waals surface area contributed by atoms with Crippen LogP contribution in [0.2, 0.25) is 0 Å². The third-order valence-electron chi connectivity index (χ3n) is 4.28. The number of hydrogen-bond donors (Lipinski definition) is 2. The molecule has 92 valence electrons. The van der Waals surface area contributed by atoms with Crippen LogP contribution in [0.4, 0.5) is 4.39 Å². The smallest absolute Gasteiger partial charge is 0.123 e. The van der Waals surface area contributed by atoms with Gasteiger partial charge in [-0.25, -0.2) is 4.39 Å². The van der Waals surface area contributed by atoms with Gasteiger partial charge in [0, 0.05) is 31.1 Å². The van der Waals surface area contributed by atoms with Gasteiger partial charge in [0.25, 0.3) is 0 Å². The van der Waals surface area contributed by atoms with Gasteiger partial charge in [-0.15, -0.1) is 0 Å². The zero-order chi connectivity index (χ0) is 11.7. The first kappa shape index (κ1) is 11.2. The lowest BCUT2D eigenvalue weighted by atomic mass is 9.64. The van der Waals surface area contributed by atoms with Crippen LogP contribution in [-0.2, 0) is 5.41 Å². The van der Waals surface area contributed by atoms with Crippen LogP contribution in [0.5, 0.6) is 0 Å². The predicted octanol–water partition coefficient (Wildman–Crippen LogP) is 1.81. The van der Waals surface area contributed by atoms with Crippen molar-refractivity contribution >= 4 is 0 Å². The van der Waals surface area contributed by atoms with E-state index in [0.717, 1.165) is 19.6 Å². The van der Waals surface area contributed by atoms with E-state index in [2.05, 4.69) is 10.6 Å². The molecule has 1 aromatic rings. The van der Waals surface area contributed by atoms with E-state index in [0.29, 0.717) is 6.04 Å². The molecule has 3 heteroatoms. The Kier molecular flexibility index (Phi) is 2.89. The minimum Gasteiger partial charge on any atom is -0.314 e. The molecule has 0 radical (unpaired) electrons. The molecule has 0 atom stereocenters. The van der Waals surface area contributed by atoms with E-state index in [4.69, 9.17) is 0 Å². The Morgan fingerprint density at radius 3 is 2.41 bits per heavy atom. The molecular formula is C14H19FN2. The molecule has 1 aromatic carbocycles. The molecular weight excluding hydrogens is 215 g/mol. The molecule has 0 spiro atoms. The average Bonchev–Trinajstić information content (AvgIpc) is 2.21. The van der Waals surface area contributed by atoms with Crippen LogP contribution in [0.1, 0.15) is 24.8 Å². The van der Waals surface area contributed by atoms with Crippen LogP contribution in [0.15, 0.2) is 24.3 Å². The number of benzene rings is 1. The van der Waals surface area contributed by atoms with Crippen LogP contribution in [0.25, 0.3) is 0 Å². The van der Waals surface area contributed by atoms with Gasteiger partial charge in [-0.05, 0) is 30.5 Å². The summed E-state index contributed by atoms with van der Waals surface area (Å²) >= 11 is 0. The highest BCUT2D eigenvalue weighted by molar-refractivity contribution is 5.29. The molecule has 2 N–H and O–H groups in total. The first-order chi connectivity index (χ1) is 8.28. The number of nitrogens with one attached hydrogen (secondary N) is 2. The standard InChI is InChI=1S/C14H19FN2/c15-12-4-2-11(3-5-12)14(6-1-7-14)10-17-13-8-16-9-13/h2-5,13,16-17H,1,6-10H2. The third-order valence-corrected chi connectivity index (χ3v) is 4.28. The molecule has 1 heterocycles. The number of hydrogen-bond acceptors (Lipinski definition) is 2. The lowest BCUT2D eigenvalue weighted by Crippen LogP contribution is -2.58. The zero-order valence-electron chi connectivity index (χ0n) is 10.0. The molecule has 1 saturated carbocycles. The van der Waals surface area contributed by atoms with Gasteiger partial charge in [0.1, 0.15) is 5.82 Å². The molecule has 0 unspecified atom stereocenters. The van der Waals surface area contributed by atoms with Crippen LogP contribution in [-0.4, -0.2) is 25.7 Å². The van der Waals surface area contributed by atoms with Crippen molar-refractivity contribution in [3.63, 3.8) is 0 Å². The highest BCUT2D eigenvalue weighted by Gasteiger charge is 2.39. The normalized spacial score (nSPS) is 22.9. The van der Waals surface area contributed by atoms with Crippen LogP contribution in [0.3, 0.4) is 0 Å². The van der Waals surface area contributed by atoms with Gasteiger partial charge in [0.05, 0.1) is 0 Å². The Labute approximate surface area is 102 Å². The summed E-state index contributed by atoms with van der Waals surface area (Å²) in [5.41, 5.74) is 1.56. The molecule has 1 aliphatic carbocycles. The fourth-order valence-corrected chi connectivity index (χ4v) is 2.75. The topological polar surface area (TPSA) is 24.1 Å². The second-order valence-electron chi connectivity index (χ2n) is 5.38. The largest absolute Gasteiger partial charge is 0.314 e. The van der Waals surface area contributed by atoms with Gasteiger partial charge in [-0.3, -0.25) is 0 Å². The van der Waals surface area contributed by atoms with Gasteiger partial charge < -0.3 is 10.6 Å². The second kappa shape index (κ2) is 4.39. The van der Waals surface area contributed by atoms with E-state index in [1.54, 1.807) is 12.1 Å².